The highest BCUT2D eigenvalue weighted by Gasteiger charge is 2.25. The van der Waals surface area contributed by atoms with Crippen LogP contribution in [0.25, 0.3) is 17.0 Å². The fourth-order valence-corrected chi connectivity index (χ4v) is 3.31. The molecule has 0 spiro atoms. The van der Waals surface area contributed by atoms with Gasteiger partial charge >= 0.3 is 0 Å². The van der Waals surface area contributed by atoms with E-state index in [0.717, 1.165) is 16.7 Å². The topological polar surface area (TPSA) is 74.3 Å². The molecule has 0 N–H and O–H groups in total. The van der Waals surface area contributed by atoms with Crippen LogP contribution in [-0.4, -0.2) is 32.2 Å². The first-order valence-corrected chi connectivity index (χ1v) is 7.71. The van der Waals surface area contributed by atoms with Gasteiger partial charge in [-0.3, -0.25) is 9.20 Å². The molecule has 0 saturated heterocycles. The van der Waals surface area contributed by atoms with Gasteiger partial charge < -0.3 is 4.90 Å². The molecule has 1 amide bonds. The Morgan fingerprint density at radius 3 is 3.00 bits per heavy atom. The summed E-state index contributed by atoms with van der Waals surface area (Å²) in [5.41, 5.74) is 3.45. The number of hydrogen-bond donors (Lipinski definition) is 0. The van der Waals surface area contributed by atoms with Crippen LogP contribution in [0.5, 0.6) is 0 Å². The van der Waals surface area contributed by atoms with Crippen molar-refractivity contribution in [2.24, 2.45) is 0 Å². The molecule has 6 nitrogen and oxygen atoms in total. The fourth-order valence-electron chi connectivity index (χ4n) is 2.83. The molecule has 2 aromatic heterocycles. The molecular weight excluding hydrogens is 358 g/mol. The number of rotatable bonds is 1. The molecule has 0 radical (unpaired) electrons. The van der Waals surface area contributed by atoms with E-state index >= 15 is 0 Å². The van der Waals surface area contributed by atoms with E-state index in [0.29, 0.717) is 22.5 Å². The Hall–Kier alpha value is -2.72. The van der Waals surface area contributed by atoms with Crippen LogP contribution in [0.4, 0.5) is 0 Å². The molecule has 0 saturated carbocycles. The molecule has 7 heteroatoms. The van der Waals surface area contributed by atoms with Crippen LogP contribution in [0.1, 0.15) is 21.6 Å². The number of imidazole rings is 1. The zero-order valence-corrected chi connectivity index (χ0v) is 13.7. The van der Waals surface area contributed by atoms with E-state index in [1.54, 1.807) is 24.3 Å². The molecule has 23 heavy (non-hydrogen) atoms. The van der Waals surface area contributed by atoms with Crippen LogP contribution in [0, 0.1) is 11.3 Å². The van der Waals surface area contributed by atoms with Crippen molar-refractivity contribution in [2.45, 2.75) is 6.54 Å². The molecule has 0 bridgehead atoms. The largest absolute Gasteiger partial charge is 0.337 e. The van der Waals surface area contributed by atoms with Gasteiger partial charge in [-0.15, -0.1) is 0 Å². The van der Waals surface area contributed by atoms with Gasteiger partial charge in [-0.1, -0.05) is 6.07 Å². The molecule has 0 fully saturated rings. The van der Waals surface area contributed by atoms with Crippen LogP contribution >= 0.6 is 15.9 Å². The second-order valence-corrected chi connectivity index (χ2v) is 6.16. The van der Waals surface area contributed by atoms with Crippen LogP contribution in [-0.2, 0) is 6.54 Å². The number of nitrogens with zero attached hydrogens (tertiary/aromatic N) is 5. The lowest BCUT2D eigenvalue weighted by Gasteiger charge is -2.08. The van der Waals surface area contributed by atoms with Gasteiger partial charge in [0.25, 0.3) is 5.91 Å². The van der Waals surface area contributed by atoms with E-state index < -0.39 is 0 Å². The number of halogens is 1. The summed E-state index contributed by atoms with van der Waals surface area (Å²) in [5, 5.41) is 9.28. The van der Waals surface area contributed by atoms with E-state index in [-0.39, 0.29) is 11.6 Å². The van der Waals surface area contributed by atoms with E-state index in [4.69, 9.17) is 0 Å². The van der Waals surface area contributed by atoms with Crippen LogP contribution in [0.15, 0.2) is 35.1 Å². The molecule has 1 aliphatic heterocycles. The van der Waals surface area contributed by atoms with E-state index in [1.807, 2.05) is 22.6 Å². The Bertz CT molecular complexity index is 1020. The van der Waals surface area contributed by atoms with Crippen molar-refractivity contribution in [3.8, 4) is 17.5 Å². The minimum Gasteiger partial charge on any atom is -0.337 e. The van der Waals surface area contributed by atoms with Crippen molar-refractivity contribution in [1.29, 1.82) is 5.26 Å². The summed E-state index contributed by atoms with van der Waals surface area (Å²) in [4.78, 5) is 22.4. The number of amides is 1. The Morgan fingerprint density at radius 1 is 1.39 bits per heavy atom. The summed E-state index contributed by atoms with van der Waals surface area (Å²) in [7, 11) is 1.78. The lowest BCUT2D eigenvalue weighted by Crippen LogP contribution is -2.17. The molecule has 4 rings (SSSR count). The first-order chi connectivity index (χ1) is 11.1. The minimum atomic E-state index is 0.0285. The highest BCUT2D eigenvalue weighted by molar-refractivity contribution is 9.10. The highest BCUT2D eigenvalue weighted by Crippen LogP contribution is 2.30. The van der Waals surface area contributed by atoms with Crippen LogP contribution in [0.2, 0.25) is 0 Å². The average molecular weight is 368 g/mol. The Kier molecular flexibility index (Phi) is 2.96. The minimum absolute atomic E-state index is 0.0285. The molecular formula is C16H10BrN5O. The van der Waals surface area contributed by atoms with Gasteiger partial charge in [-0.05, 0) is 33.6 Å². The summed E-state index contributed by atoms with van der Waals surface area (Å²) in [6.07, 6.45) is 3.46. The van der Waals surface area contributed by atoms with Gasteiger partial charge in [-0.25, -0.2) is 9.97 Å². The Morgan fingerprint density at radius 2 is 2.22 bits per heavy atom. The van der Waals surface area contributed by atoms with Crippen LogP contribution < -0.4 is 0 Å². The SMILES string of the molecule is CN1Cc2cc(-c3nc(C#N)c(Br)c4nccn34)ccc2C1=O. The van der Waals surface area contributed by atoms with Crippen molar-refractivity contribution in [3.63, 3.8) is 0 Å². The third-order valence-corrected chi connectivity index (χ3v) is 4.68. The second kappa shape index (κ2) is 4.89. The summed E-state index contributed by atoms with van der Waals surface area (Å²) < 4.78 is 2.40. The van der Waals surface area contributed by atoms with Crippen molar-refractivity contribution in [2.75, 3.05) is 7.05 Å². The normalized spacial score (nSPS) is 13.4. The lowest BCUT2D eigenvalue weighted by molar-refractivity contribution is 0.0816. The summed E-state index contributed by atoms with van der Waals surface area (Å²) in [6, 6.07) is 7.70. The maximum atomic E-state index is 12.0. The molecule has 3 aromatic rings. The molecule has 112 valence electrons. The van der Waals surface area contributed by atoms with E-state index in [1.165, 1.54) is 0 Å². The van der Waals surface area contributed by atoms with Crippen molar-refractivity contribution < 1.29 is 4.79 Å². The number of aromatic nitrogens is 3. The first kappa shape index (κ1) is 13.9. The quantitative estimate of drug-likeness (QED) is 0.662. The molecule has 0 unspecified atom stereocenters. The number of benzene rings is 1. The Balaban J connectivity index is 1.96. The zero-order chi connectivity index (χ0) is 16.1. The summed E-state index contributed by atoms with van der Waals surface area (Å²) >= 11 is 3.37. The van der Waals surface area contributed by atoms with E-state index in [2.05, 4.69) is 32.0 Å². The van der Waals surface area contributed by atoms with Crippen LogP contribution in [0.3, 0.4) is 0 Å². The molecule has 1 aliphatic rings. The molecule has 0 aliphatic carbocycles. The predicted molar refractivity (Wildman–Crippen MR) is 86.6 cm³/mol. The number of nitriles is 1. The van der Waals surface area contributed by atoms with Crippen molar-refractivity contribution in [3.05, 3.63) is 51.9 Å². The number of fused-ring (bicyclic) bond motifs is 2. The summed E-state index contributed by atoms with van der Waals surface area (Å²) in [5.74, 6) is 0.655. The first-order valence-electron chi connectivity index (χ1n) is 6.91. The number of carbonyl (C=O) groups excluding carboxylic acids is 1. The number of hydrogen-bond acceptors (Lipinski definition) is 4. The lowest BCUT2D eigenvalue weighted by atomic mass is 10.1. The second-order valence-electron chi connectivity index (χ2n) is 5.36. The maximum Gasteiger partial charge on any atom is 0.254 e. The standard InChI is InChI=1S/C16H10BrN5O/c1-21-8-10-6-9(2-3-11(10)16(21)23)14-20-12(7-18)13(17)15-19-4-5-22(14)15/h2-6H,8H2,1H3. The van der Waals surface area contributed by atoms with Gasteiger partial charge in [0.2, 0.25) is 0 Å². The van der Waals surface area contributed by atoms with Crippen molar-refractivity contribution >= 4 is 27.5 Å². The molecule has 0 atom stereocenters. The maximum absolute atomic E-state index is 12.0. The number of carbonyl (C=O) groups is 1. The molecule has 1 aromatic carbocycles. The Labute approximate surface area is 140 Å². The molecule has 3 heterocycles. The predicted octanol–water partition coefficient (Wildman–Crippen LogP) is 2.62. The fraction of sp³-hybridized carbons (Fsp3) is 0.125. The van der Waals surface area contributed by atoms with Crippen molar-refractivity contribution in [1.82, 2.24) is 19.3 Å². The van der Waals surface area contributed by atoms with Gasteiger partial charge in [0, 0.05) is 37.1 Å². The zero-order valence-electron chi connectivity index (χ0n) is 12.1. The van der Waals surface area contributed by atoms with Gasteiger partial charge in [0.15, 0.2) is 11.3 Å². The van der Waals surface area contributed by atoms with Gasteiger partial charge in [0.05, 0.1) is 4.47 Å². The van der Waals surface area contributed by atoms with E-state index in [9.17, 15) is 10.1 Å². The van der Waals surface area contributed by atoms with Gasteiger partial charge in [0.1, 0.15) is 11.9 Å². The highest BCUT2D eigenvalue weighted by atomic mass is 79.9. The average Bonchev–Trinajstić information content (AvgIpc) is 3.14. The monoisotopic (exact) mass is 367 g/mol. The van der Waals surface area contributed by atoms with Gasteiger partial charge in [-0.2, -0.15) is 5.26 Å². The third-order valence-electron chi connectivity index (χ3n) is 3.94. The third kappa shape index (κ3) is 1.95. The summed E-state index contributed by atoms with van der Waals surface area (Å²) in [6.45, 7) is 0.580. The smallest absolute Gasteiger partial charge is 0.254 e.